The van der Waals surface area contributed by atoms with Crippen molar-refractivity contribution in [1.82, 2.24) is 10.2 Å². The Labute approximate surface area is 135 Å². The van der Waals surface area contributed by atoms with Crippen LogP contribution in [0.3, 0.4) is 0 Å². The average molecular weight is 309 g/mol. The highest BCUT2D eigenvalue weighted by Gasteiger charge is 2.29. The van der Waals surface area contributed by atoms with Crippen LogP contribution in [0.25, 0.3) is 0 Å². The molecule has 0 radical (unpaired) electrons. The normalized spacial score (nSPS) is 19.1. The van der Waals surface area contributed by atoms with E-state index in [4.69, 9.17) is 10.00 Å². The zero-order valence-electron chi connectivity index (χ0n) is 14.7. The SMILES string of the molecule is CC(C)(CCC#N)CNCC1CCN(C(=O)OC(C)(C)C)C1. The fourth-order valence-electron chi connectivity index (χ4n) is 2.59. The lowest BCUT2D eigenvalue weighted by Gasteiger charge is -2.25. The number of rotatable bonds is 6. The van der Waals surface area contributed by atoms with E-state index in [1.807, 2.05) is 20.8 Å². The van der Waals surface area contributed by atoms with Crippen molar-refractivity contribution in [2.75, 3.05) is 26.2 Å². The summed E-state index contributed by atoms with van der Waals surface area (Å²) in [7, 11) is 0. The van der Waals surface area contributed by atoms with E-state index in [9.17, 15) is 4.79 Å². The second-order valence-electron chi connectivity index (χ2n) is 8.03. The van der Waals surface area contributed by atoms with Crippen molar-refractivity contribution < 1.29 is 9.53 Å². The van der Waals surface area contributed by atoms with Gasteiger partial charge < -0.3 is 15.0 Å². The lowest BCUT2D eigenvalue weighted by atomic mass is 9.88. The number of nitrogens with zero attached hydrogens (tertiary/aromatic N) is 2. The van der Waals surface area contributed by atoms with Crippen LogP contribution in [-0.2, 0) is 4.74 Å². The Morgan fingerprint density at radius 3 is 2.64 bits per heavy atom. The molecule has 22 heavy (non-hydrogen) atoms. The van der Waals surface area contributed by atoms with Crippen LogP contribution < -0.4 is 5.32 Å². The van der Waals surface area contributed by atoms with Gasteiger partial charge in [-0.1, -0.05) is 13.8 Å². The molecule has 0 spiro atoms. The topological polar surface area (TPSA) is 65.4 Å². The van der Waals surface area contributed by atoms with Crippen molar-refractivity contribution in [2.45, 2.75) is 59.5 Å². The minimum absolute atomic E-state index is 0.138. The van der Waals surface area contributed by atoms with Gasteiger partial charge in [0.2, 0.25) is 0 Å². The Morgan fingerprint density at radius 1 is 1.36 bits per heavy atom. The van der Waals surface area contributed by atoms with Gasteiger partial charge in [-0.05, 0) is 51.5 Å². The summed E-state index contributed by atoms with van der Waals surface area (Å²) < 4.78 is 5.41. The Bertz CT molecular complexity index is 407. The van der Waals surface area contributed by atoms with Crippen LogP contribution in [0.2, 0.25) is 0 Å². The molecule has 0 aromatic carbocycles. The predicted octanol–water partition coefficient (Wildman–Crippen LogP) is 3.16. The maximum absolute atomic E-state index is 12.0. The first-order valence-corrected chi connectivity index (χ1v) is 8.18. The van der Waals surface area contributed by atoms with E-state index < -0.39 is 5.60 Å². The first-order valence-electron chi connectivity index (χ1n) is 8.18. The van der Waals surface area contributed by atoms with Gasteiger partial charge in [-0.2, -0.15) is 5.26 Å². The molecule has 0 aromatic rings. The molecular formula is C17H31N3O2. The van der Waals surface area contributed by atoms with Crippen LogP contribution in [-0.4, -0.2) is 42.8 Å². The molecule has 1 fully saturated rings. The smallest absolute Gasteiger partial charge is 0.410 e. The van der Waals surface area contributed by atoms with E-state index in [0.717, 1.165) is 39.0 Å². The quantitative estimate of drug-likeness (QED) is 0.818. The molecule has 5 heteroatoms. The van der Waals surface area contributed by atoms with E-state index in [0.29, 0.717) is 12.3 Å². The molecule has 0 bridgehead atoms. The second kappa shape index (κ2) is 7.82. The minimum Gasteiger partial charge on any atom is -0.444 e. The molecule has 1 N–H and O–H groups in total. The van der Waals surface area contributed by atoms with Crippen LogP contribution in [0.4, 0.5) is 4.79 Å². The molecule has 0 aliphatic carbocycles. The van der Waals surface area contributed by atoms with Gasteiger partial charge in [0.15, 0.2) is 0 Å². The molecule has 1 unspecified atom stereocenters. The molecule has 1 heterocycles. The Kier molecular flexibility index (Phi) is 6.67. The van der Waals surface area contributed by atoms with Crippen LogP contribution in [0.15, 0.2) is 0 Å². The minimum atomic E-state index is -0.432. The number of nitrogens with one attached hydrogen (secondary N) is 1. The molecule has 1 atom stereocenters. The summed E-state index contributed by atoms with van der Waals surface area (Å²) in [6.45, 7) is 13.4. The van der Waals surface area contributed by atoms with E-state index in [1.165, 1.54) is 0 Å². The van der Waals surface area contributed by atoms with Crippen LogP contribution >= 0.6 is 0 Å². The molecule has 1 aliphatic heterocycles. The Morgan fingerprint density at radius 2 is 2.05 bits per heavy atom. The maximum Gasteiger partial charge on any atom is 0.410 e. The summed E-state index contributed by atoms with van der Waals surface area (Å²) in [4.78, 5) is 13.8. The predicted molar refractivity (Wildman–Crippen MR) is 87.4 cm³/mol. The van der Waals surface area contributed by atoms with Crippen LogP contribution in [0, 0.1) is 22.7 Å². The molecule has 0 aromatic heterocycles. The van der Waals surface area contributed by atoms with E-state index in [2.05, 4.69) is 25.2 Å². The van der Waals surface area contributed by atoms with E-state index in [-0.39, 0.29) is 11.5 Å². The van der Waals surface area contributed by atoms with Gasteiger partial charge >= 0.3 is 6.09 Å². The Balaban J connectivity index is 2.27. The number of hydrogen-bond donors (Lipinski definition) is 1. The number of carbonyl (C=O) groups excluding carboxylic acids is 1. The molecular weight excluding hydrogens is 278 g/mol. The third kappa shape index (κ3) is 7.13. The highest BCUT2D eigenvalue weighted by Crippen LogP contribution is 2.22. The summed E-state index contributed by atoms with van der Waals surface area (Å²) in [5.41, 5.74) is -0.294. The molecule has 1 saturated heterocycles. The van der Waals surface area contributed by atoms with Crippen LogP contribution in [0.1, 0.15) is 53.9 Å². The number of nitriles is 1. The lowest BCUT2D eigenvalue weighted by molar-refractivity contribution is 0.0288. The number of amides is 1. The van der Waals surface area contributed by atoms with Gasteiger partial charge in [0.05, 0.1) is 6.07 Å². The van der Waals surface area contributed by atoms with Crippen molar-refractivity contribution in [3.63, 3.8) is 0 Å². The first-order chi connectivity index (χ1) is 10.1. The Hall–Kier alpha value is -1.28. The number of hydrogen-bond acceptors (Lipinski definition) is 4. The van der Waals surface area contributed by atoms with Crippen molar-refractivity contribution >= 4 is 6.09 Å². The highest BCUT2D eigenvalue weighted by atomic mass is 16.6. The van der Waals surface area contributed by atoms with Crippen LogP contribution in [0.5, 0.6) is 0 Å². The van der Waals surface area contributed by atoms with Gasteiger partial charge in [0, 0.05) is 26.1 Å². The molecule has 1 amide bonds. The third-order valence-corrected chi connectivity index (χ3v) is 3.89. The zero-order valence-corrected chi connectivity index (χ0v) is 14.7. The summed E-state index contributed by atoms with van der Waals surface area (Å²) >= 11 is 0. The number of ether oxygens (including phenoxy) is 1. The summed E-state index contributed by atoms with van der Waals surface area (Å²) in [6, 6.07) is 2.21. The van der Waals surface area contributed by atoms with Gasteiger partial charge in [-0.3, -0.25) is 0 Å². The molecule has 126 valence electrons. The van der Waals surface area contributed by atoms with Gasteiger partial charge in [-0.25, -0.2) is 4.79 Å². The van der Waals surface area contributed by atoms with Crippen molar-refractivity contribution in [1.29, 1.82) is 5.26 Å². The molecule has 5 nitrogen and oxygen atoms in total. The van der Waals surface area contributed by atoms with E-state index in [1.54, 1.807) is 4.90 Å². The number of carbonyl (C=O) groups is 1. The van der Waals surface area contributed by atoms with Crippen molar-refractivity contribution in [2.24, 2.45) is 11.3 Å². The van der Waals surface area contributed by atoms with E-state index >= 15 is 0 Å². The summed E-state index contributed by atoms with van der Waals surface area (Å²) in [5.74, 6) is 0.485. The van der Waals surface area contributed by atoms with Gasteiger partial charge in [-0.15, -0.1) is 0 Å². The standard InChI is InChI=1S/C17H31N3O2/c1-16(2,3)22-15(21)20-10-7-14(12-20)11-19-13-17(4,5)8-6-9-18/h14,19H,6-8,10-13H2,1-5H3. The summed E-state index contributed by atoms with van der Waals surface area (Å²) in [6.07, 6.45) is 2.32. The lowest BCUT2D eigenvalue weighted by Crippen LogP contribution is -2.37. The fraction of sp³-hybridized carbons (Fsp3) is 0.882. The number of likely N-dealkylation sites (tertiary alicyclic amines) is 1. The van der Waals surface area contributed by atoms with Crippen molar-refractivity contribution in [3.8, 4) is 6.07 Å². The summed E-state index contributed by atoms with van der Waals surface area (Å²) in [5, 5.41) is 12.2. The maximum atomic E-state index is 12.0. The monoisotopic (exact) mass is 309 g/mol. The molecule has 0 saturated carbocycles. The zero-order chi connectivity index (χ0) is 16.8. The average Bonchev–Trinajstić information content (AvgIpc) is 2.83. The molecule has 1 aliphatic rings. The second-order valence-corrected chi connectivity index (χ2v) is 8.03. The highest BCUT2D eigenvalue weighted by molar-refractivity contribution is 5.68. The van der Waals surface area contributed by atoms with Gasteiger partial charge in [0.25, 0.3) is 0 Å². The largest absolute Gasteiger partial charge is 0.444 e. The van der Waals surface area contributed by atoms with Crippen molar-refractivity contribution in [3.05, 3.63) is 0 Å². The molecule has 1 rings (SSSR count). The third-order valence-electron chi connectivity index (χ3n) is 3.89. The fourth-order valence-corrected chi connectivity index (χ4v) is 2.59. The first kappa shape index (κ1) is 18.8. The van der Waals surface area contributed by atoms with Gasteiger partial charge in [0.1, 0.15) is 5.60 Å².